The van der Waals surface area contributed by atoms with Crippen molar-refractivity contribution in [2.45, 2.75) is 13.8 Å². The fourth-order valence-corrected chi connectivity index (χ4v) is 2.15. The summed E-state index contributed by atoms with van der Waals surface area (Å²) in [5.74, 6) is 0.744. The molecular weight excluding hydrogens is 244 g/mol. The van der Waals surface area contributed by atoms with Crippen LogP contribution < -0.4 is 16.0 Å². The SMILES string of the molecule is COc1ccc(-c2c(C)c(=O)[nH]c(=O)n2C)c(C)c1. The molecule has 0 amide bonds. The summed E-state index contributed by atoms with van der Waals surface area (Å²) < 4.78 is 6.61. The number of nitrogens with zero attached hydrogens (tertiary/aromatic N) is 1. The Balaban J connectivity index is 2.79. The van der Waals surface area contributed by atoms with Crippen molar-refractivity contribution in [1.29, 1.82) is 0 Å². The van der Waals surface area contributed by atoms with E-state index in [1.165, 1.54) is 4.57 Å². The third-order valence-corrected chi connectivity index (χ3v) is 3.25. The van der Waals surface area contributed by atoms with Crippen molar-refractivity contribution in [2.75, 3.05) is 7.11 Å². The largest absolute Gasteiger partial charge is 0.497 e. The zero-order valence-electron chi connectivity index (χ0n) is 11.4. The van der Waals surface area contributed by atoms with E-state index < -0.39 is 5.69 Å². The second kappa shape index (κ2) is 4.76. The van der Waals surface area contributed by atoms with E-state index in [2.05, 4.69) is 4.98 Å². The third-order valence-electron chi connectivity index (χ3n) is 3.25. The summed E-state index contributed by atoms with van der Waals surface area (Å²) in [5, 5.41) is 0. The van der Waals surface area contributed by atoms with Crippen LogP contribution >= 0.6 is 0 Å². The highest BCUT2D eigenvalue weighted by Crippen LogP contribution is 2.26. The maximum atomic E-state index is 11.7. The molecule has 0 aliphatic heterocycles. The number of methoxy groups -OCH3 is 1. The van der Waals surface area contributed by atoms with Crippen LogP contribution in [0.15, 0.2) is 27.8 Å². The van der Waals surface area contributed by atoms with Crippen molar-refractivity contribution in [2.24, 2.45) is 7.05 Å². The van der Waals surface area contributed by atoms with Gasteiger partial charge in [-0.1, -0.05) is 0 Å². The maximum absolute atomic E-state index is 11.7. The summed E-state index contributed by atoms with van der Waals surface area (Å²) in [6, 6.07) is 5.54. The van der Waals surface area contributed by atoms with Crippen molar-refractivity contribution in [1.82, 2.24) is 9.55 Å². The number of nitrogens with one attached hydrogen (secondary N) is 1. The summed E-state index contributed by atoms with van der Waals surface area (Å²) in [4.78, 5) is 25.7. The molecule has 100 valence electrons. The quantitative estimate of drug-likeness (QED) is 0.887. The molecule has 0 bridgehead atoms. The predicted octanol–water partition coefficient (Wildman–Crippen LogP) is 1.37. The van der Waals surface area contributed by atoms with Gasteiger partial charge in [-0.25, -0.2) is 4.79 Å². The first kappa shape index (κ1) is 13.1. The normalized spacial score (nSPS) is 10.5. The highest BCUT2D eigenvalue weighted by atomic mass is 16.5. The minimum absolute atomic E-state index is 0.353. The Hall–Kier alpha value is -2.30. The van der Waals surface area contributed by atoms with Crippen LogP contribution in [-0.4, -0.2) is 16.7 Å². The van der Waals surface area contributed by atoms with Gasteiger partial charge in [0.15, 0.2) is 0 Å². The van der Waals surface area contributed by atoms with Gasteiger partial charge in [0.1, 0.15) is 5.75 Å². The molecule has 0 unspecified atom stereocenters. The molecule has 1 heterocycles. The Labute approximate surface area is 110 Å². The average Bonchev–Trinajstić information content (AvgIpc) is 2.38. The van der Waals surface area contributed by atoms with Crippen LogP contribution in [0.3, 0.4) is 0 Å². The Kier molecular flexibility index (Phi) is 3.29. The summed E-state index contributed by atoms with van der Waals surface area (Å²) >= 11 is 0. The molecule has 1 aromatic heterocycles. The lowest BCUT2D eigenvalue weighted by atomic mass is 10.0. The van der Waals surface area contributed by atoms with Crippen LogP contribution in [0.4, 0.5) is 0 Å². The molecule has 5 heteroatoms. The highest BCUT2D eigenvalue weighted by Gasteiger charge is 2.13. The second-order valence-corrected chi connectivity index (χ2v) is 4.47. The van der Waals surface area contributed by atoms with E-state index >= 15 is 0 Å². The average molecular weight is 260 g/mol. The van der Waals surface area contributed by atoms with Crippen LogP contribution in [0.25, 0.3) is 11.3 Å². The molecule has 2 aromatic rings. The summed E-state index contributed by atoms with van der Waals surface area (Å²) in [5.41, 5.74) is 2.19. The molecule has 5 nitrogen and oxygen atoms in total. The Morgan fingerprint density at radius 3 is 2.47 bits per heavy atom. The van der Waals surface area contributed by atoms with E-state index in [1.54, 1.807) is 21.1 Å². The number of rotatable bonds is 2. The van der Waals surface area contributed by atoms with Crippen molar-refractivity contribution in [3.8, 4) is 17.0 Å². The van der Waals surface area contributed by atoms with Crippen LogP contribution in [0, 0.1) is 13.8 Å². The minimum Gasteiger partial charge on any atom is -0.497 e. The number of benzene rings is 1. The van der Waals surface area contributed by atoms with Gasteiger partial charge in [-0.2, -0.15) is 0 Å². The van der Waals surface area contributed by atoms with Gasteiger partial charge in [-0.3, -0.25) is 14.3 Å². The smallest absolute Gasteiger partial charge is 0.328 e. The van der Waals surface area contributed by atoms with Crippen LogP contribution in [-0.2, 0) is 7.05 Å². The zero-order valence-corrected chi connectivity index (χ0v) is 11.4. The molecule has 0 fully saturated rings. The van der Waals surface area contributed by atoms with Gasteiger partial charge in [0.2, 0.25) is 0 Å². The first-order valence-electron chi connectivity index (χ1n) is 5.90. The number of hydrogen-bond acceptors (Lipinski definition) is 3. The van der Waals surface area contributed by atoms with Gasteiger partial charge in [0.05, 0.1) is 12.8 Å². The topological polar surface area (TPSA) is 64.1 Å². The standard InChI is InChI=1S/C14H16N2O3/c1-8-7-10(19-4)5-6-11(8)12-9(2)13(17)15-14(18)16(12)3/h5-7H,1-4H3,(H,15,17,18). The fourth-order valence-electron chi connectivity index (χ4n) is 2.15. The molecular formula is C14H16N2O3. The van der Waals surface area contributed by atoms with E-state index in [4.69, 9.17) is 4.74 Å². The molecule has 0 aliphatic rings. The third kappa shape index (κ3) is 2.19. The lowest BCUT2D eigenvalue weighted by Crippen LogP contribution is -2.31. The summed E-state index contributed by atoms with van der Waals surface area (Å²) in [6.45, 7) is 3.63. The van der Waals surface area contributed by atoms with Crippen molar-refractivity contribution < 1.29 is 4.74 Å². The van der Waals surface area contributed by atoms with Crippen molar-refractivity contribution in [3.63, 3.8) is 0 Å². The van der Waals surface area contributed by atoms with Gasteiger partial charge in [0, 0.05) is 18.2 Å². The van der Waals surface area contributed by atoms with E-state index in [1.807, 2.05) is 25.1 Å². The highest BCUT2D eigenvalue weighted by molar-refractivity contribution is 5.67. The van der Waals surface area contributed by atoms with Crippen LogP contribution in [0.1, 0.15) is 11.1 Å². The Bertz CT molecular complexity index is 707. The lowest BCUT2D eigenvalue weighted by molar-refractivity contribution is 0.414. The number of H-pyrrole nitrogens is 1. The molecule has 0 atom stereocenters. The number of aromatic amines is 1. The van der Waals surface area contributed by atoms with E-state index in [9.17, 15) is 9.59 Å². The van der Waals surface area contributed by atoms with Crippen LogP contribution in [0.2, 0.25) is 0 Å². The zero-order chi connectivity index (χ0) is 14.2. The maximum Gasteiger partial charge on any atom is 0.328 e. The van der Waals surface area contributed by atoms with Gasteiger partial charge < -0.3 is 4.74 Å². The molecule has 1 N–H and O–H groups in total. The van der Waals surface area contributed by atoms with Gasteiger partial charge in [-0.15, -0.1) is 0 Å². The molecule has 0 saturated heterocycles. The lowest BCUT2D eigenvalue weighted by Gasteiger charge is -2.13. The first-order valence-corrected chi connectivity index (χ1v) is 5.90. The monoisotopic (exact) mass is 260 g/mol. The van der Waals surface area contributed by atoms with Gasteiger partial charge in [0.25, 0.3) is 5.56 Å². The molecule has 0 saturated carbocycles. The Morgan fingerprint density at radius 1 is 1.21 bits per heavy atom. The van der Waals surface area contributed by atoms with Gasteiger partial charge in [-0.05, 0) is 37.6 Å². The number of hydrogen-bond donors (Lipinski definition) is 1. The second-order valence-electron chi connectivity index (χ2n) is 4.47. The fraction of sp³-hybridized carbons (Fsp3) is 0.286. The van der Waals surface area contributed by atoms with E-state index in [0.717, 1.165) is 16.9 Å². The first-order chi connectivity index (χ1) is 8.95. The van der Waals surface area contributed by atoms with Crippen molar-refractivity contribution >= 4 is 0 Å². The van der Waals surface area contributed by atoms with E-state index in [-0.39, 0.29) is 5.56 Å². The predicted molar refractivity (Wildman–Crippen MR) is 73.8 cm³/mol. The molecule has 0 radical (unpaired) electrons. The van der Waals surface area contributed by atoms with Crippen molar-refractivity contribution in [3.05, 3.63) is 50.2 Å². The summed E-state index contributed by atoms with van der Waals surface area (Å²) in [7, 11) is 3.24. The molecule has 19 heavy (non-hydrogen) atoms. The molecule has 0 aliphatic carbocycles. The molecule has 0 spiro atoms. The summed E-state index contributed by atoms with van der Waals surface area (Å²) in [6.07, 6.45) is 0. The van der Waals surface area contributed by atoms with Gasteiger partial charge >= 0.3 is 5.69 Å². The molecule has 1 aromatic carbocycles. The number of ether oxygens (including phenoxy) is 1. The van der Waals surface area contributed by atoms with Crippen LogP contribution in [0.5, 0.6) is 5.75 Å². The Morgan fingerprint density at radius 2 is 1.89 bits per heavy atom. The minimum atomic E-state index is -0.416. The number of aromatic nitrogens is 2. The van der Waals surface area contributed by atoms with E-state index in [0.29, 0.717) is 11.3 Å². The molecule has 2 rings (SSSR count). The number of aryl methyl sites for hydroxylation is 1.